The van der Waals surface area contributed by atoms with E-state index < -0.39 is 16.0 Å². The van der Waals surface area contributed by atoms with Gasteiger partial charge in [0.25, 0.3) is 0 Å². The fourth-order valence-electron chi connectivity index (χ4n) is 2.61. The molecular formula is C15H22N2O4S. The number of carboxylic acids is 1. The Kier molecular flexibility index (Phi) is 5.42. The number of hydrogen-bond donors (Lipinski definition) is 3. The first-order valence-electron chi connectivity index (χ1n) is 7.57. The van der Waals surface area contributed by atoms with Crippen LogP contribution in [0, 0.1) is 0 Å². The van der Waals surface area contributed by atoms with Gasteiger partial charge in [-0.1, -0.05) is 19.8 Å². The summed E-state index contributed by atoms with van der Waals surface area (Å²) in [6, 6.07) is 4.14. The molecule has 0 heterocycles. The molecule has 0 amide bonds. The molecule has 22 heavy (non-hydrogen) atoms. The third-order valence-electron chi connectivity index (χ3n) is 3.77. The zero-order valence-electron chi connectivity index (χ0n) is 12.6. The van der Waals surface area contributed by atoms with Crippen LogP contribution in [0.3, 0.4) is 0 Å². The van der Waals surface area contributed by atoms with E-state index in [2.05, 4.69) is 10.0 Å². The highest BCUT2D eigenvalue weighted by Crippen LogP contribution is 2.23. The van der Waals surface area contributed by atoms with Crippen LogP contribution in [-0.4, -0.2) is 32.1 Å². The summed E-state index contributed by atoms with van der Waals surface area (Å²) in [4.78, 5) is 11.4. The van der Waals surface area contributed by atoms with Gasteiger partial charge in [0, 0.05) is 18.3 Å². The number of carbonyl (C=O) groups is 1. The number of anilines is 1. The number of rotatable bonds is 7. The van der Waals surface area contributed by atoms with E-state index in [0.717, 1.165) is 32.1 Å². The minimum absolute atomic E-state index is 0.00107. The topological polar surface area (TPSA) is 95.5 Å². The lowest BCUT2D eigenvalue weighted by Crippen LogP contribution is -2.32. The minimum atomic E-state index is -3.68. The summed E-state index contributed by atoms with van der Waals surface area (Å²) < 4.78 is 27.4. The summed E-state index contributed by atoms with van der Waals surface area (Å²) in [5, 5.41) is 12.3. The molecule has 0 unspecified atom stereocenters. The molecule has 0 aromatic heterocycles. The van der Waals surface area contributed by atoms with Crippen LogP contribution < -0.4 is 10.0 Å². The molecule has 2 rings (SSSR count). The van der Waals surface area contributed by atoms with E-state index in [4.69, 9.17) is 0 Å². The number of benzene rings is 1. The summed E-state index contributed by atoms with van der Waals surface area (Å²) >= 11 is 0. The van der Waals surface area contributed by atoms with Crippen molar-refractivity contribution >= 4 is 21.7 Å². The van der Waals surface area contributed by atoms with Crippen molar-refractivity contribution in [3.8, 4) is 0 Å². The van der Waals surface area contributed by atoms with Gasteiger partial charge in [-0.05, 0) is 37.5 Å². The van der Waals surface area contributed by atoms with Gasteiger partial charge in [-0.25, -0.2) is 17.9 Å². The summed E-state index contributed by atoms with van der Waals surface area (Å²) in [7, 11) is -3.68. The standard InChI is InChI=1S/C15H22N2O4S/c1-2-9-16-14-8-7-12(10-13(14)15(18)19)22(20,21)17-11-5-3-4-6-11/h7-8,10-11,16-17H,2-6,9H2,1H3,(H,18,19). The Morgan fingerprint density at radius 2 is 2.00 bits per heavy atom. The second-order valence-electron chi connectivity index (χ2n) is 5.54. The van der Waals surface area contributed by atoms with Crippen LogP contribution in [0.4, 0.5) is 5.69 Å². The molecule has 1 aliphatic carbocycles. The third kappa shape index (κ3) is 3.98. The fraction of sp³-hybridized carbons (Fsp3) is 0.533. The molecule has 0 saturated heterocycles. The highest BCUT2D eigenvalue weighted by molar-refractivity contribution is 7.89. The number of carboxylic acid groups (broad SMARTS) is 1. The average molecular weight is 326 g/mol. The SMILES string of the molecule is CCCNc1ccc(S(=O)(=O)NC2CCCC2)cc1C(=O)O. The van der Waals surface area contributed by atoms with E-state index in [0.29, 0.717) is 12.2 Å². The predicted octanol–water partition coefficient (Wildman–Crippen LogP) is 2.43. The Balaban J connectivity index is 2.26. The molecule has 0 spiro atoms. The Morgan fingerprint density at radius 3 is 2.59 bits per heavy atom. The molecule has 0 aliphatic heterocycles. The van der Waals surface area contributed by atoms with Crippen LogP contribution in [0.15, 0.2) is 23.1 Å². The van der Waals surface area contributed by atoms with Crippen LogP contribution in [0.1, 0.15) is 49.4 Å². The van der Waals surface area contributed by atoms with E-state index in [-0.39, 0.29) is 16.5 Å². The summed E-state index contributed by atoms with van der Waals surface area (Å²) in [5.41, 5.74) is 0.414. The van der Waals surface area contributed by atoms with E-state index in [1.807, 2.05) is 6.92 Å². The highest BCUT2D eigenvalue weighted by atomic mass is 32.2. The maximum absolute atomic E-state index is 12.4. The van der Waals surface area contributed by atoms with Crippen molar-refractivity contribution < 1.29 is 18.3 Å². The Bertz CT molecular complexity index is 637. The fourth-order valence-corrected chi connectivity index (χ4v) is 3.94. The van der Waals surface area contributed by atoms with Crippen molar-refractivity contribution in [2.75, 3.05) is 11.9 Å². The quantitative estimate of drug-likeness (QED) is 0.715. The molecule has 1 aromatic rings. The molecule has 0 radical (unpaired) electrons. The van der Waals surface area contributed by atoms with Gasteiger partial charge in [0.05, 0.1) is 10.5 Å². The monoisotopic (exact) mass is 326 g/mol. The molecule has 1 saturated carbocycles. The molecule has 1 aliphatic rings. The Hall–Kier alpha value is -1.60. The van der Waals surface area contributed by atoms with Crippen molar-refractivity contribution in [1.29, 1.82) is 0 Å². The second kappa shape index (κ2) is 7.11. The zero-order chi connectivity index (χ0) is 16.2. The number of hydrogen-bond acceptors (Lipinski definition) is 4. The van der Waals surface area contributed by atoms with Crippen LogP contribution in [0.5, 0.6) is 0 Å². The zero-order valence-corrected chi connectivity index (χ0v) is 13.4. The van der Waals surface area contributed by atoms with Gasteiger partial charge in [0.2, 0.25) is 10.0 Å². The minimum Gasteiger partial charge on any atom is -0.478 e. The Labute approximate surface area is 131 Å². The van der Waals surface area contributed by atoms with Crippen molar-refractivity contribution in [1.82, 2.24) is 4.72 Å². The highest BCUT2D eigenvalue weighted by Gasteiger charge is 2.24. The van der Waals surface area contributed by atoms with Gasteiger partial charge < -0.3 is 10.4 Å². The third-order valence-corrected chi connectivity index (χ3v) is 5.29. The molecule has 3 N–H and O–H groups in total. The lowest BCUT2D eigenvalue weighted by atomic mass is 10.2. The van der Waals surface area contributed by atoms with Gasteiger partial charge in [0.15, 0.2) is 0 Å². The maximum atomic E-state index is 12.4. The van der Waals surface area contributed by atoms with Gasteiger partial charge in [-0.15, -0.1) is 0 Å². The molecule has 0 atom stereocenters. The summed E-state index contributed by atoms with van der Waals surface area (Å²) in [5.74, 6) is -1.14. The van der Waals surface area contributed by atoms with Gasteiger partial charge in [-0.2, -0.15) is 0 Å². The lowest BCUT2D eigenvalue weighted by molar-refractivity contribution is 0.0697. The number of sulfonamides is 1. The van der Waals surface area contributed by atoms with Crippen molar-refractivity contribution in [2.45, 2.75) is 50.0 Å². The second-order valence-corrected chi connectivity index (χ2v) is 7.26. The van der Waals surface area contributed by atoms with E-state index >= 15 is 0 Å². The molecule has 1 fully saturated rings. The Morgan fingerprint density at radius 1 is 1.32 bits per heavy atom. The molecule has 0 bridgehead atoms. The molecule has 7 heteroatoms. The first-order chi connectivity index (χ1) is 10.4. The molecular weight excluding hydrogens is 304 g/mol. The summed E-state index contributed by atoms with van der Waals surface area (Å²) in [6.07, 6.45) is 4.56. The van der Waals surface area contributed by atoms with E-state index in [1.165, 1.54) is 18.2 Å². The molecule has 122 valence electrons. The normalized spacial score (nSPS) is 15.9. The van der Waals surface area contributed by atoms with Crippen LogP contribution >= 0.6 is 0 Å². The first-order valence-corrected chi connectivity index (χ1v) is 9.06. The molecule has 6 nitrogen and oxygen atoms in total. The van der Waals surface area contributed by atoms with Crippen LogP contribution in [-0.2, 0) is 10.0 Å². The van der Waals surface area contributed by atoms with Gasteiger partial charge >= 0.3 is 5.97 Å². The summed E-state index contributed by atoms with van der Waals surface area (Å²) in [6.45, 7) is 2.60. The van der Waals surface area contributed by atoms with Crippen molar-refractivity contribution in [3.05, 3.63) is 23.8 Å². The maximum Gasteiger partial charge on any atom is 0.337 e. The van der Waals surface area contributed by atoms with Crippen LogP contribution in [0.2, 0.25) is 0 Å². The smallest absolute Gasteiger partial charge is 0.337 e. The van der Waals surface area contributed by atoms with Gasteiger partial charge in [-0.3, -0.25) is 0 Å². The number of aromatic carboxylic acids is 1. The van der Waals surface area contributed by atoms with E-state index in [9.17, 15) is 18.3 Å². The predicted molar refractivity (Wildman–Crippen MR) is 84.8 cm³/mol. The van der Waals surface area contributed by atoms with E-state index in [1.54, 1.807) is 0 Å². The first kappa shape index (κ1) is 16.8. The lowest BCUT2D eigenvalue weighted by Gasteiger charge is -2.14. The number of nitrogens with one attached hydrogen (secondary N) is 2. The van der Waals surface area contributed by atoms with Gasteiger partial charge in [0.1, 0.15) is 0 Å². The van der Waals surface area contributed by atoms with Crippen molar-refractivity contribution in [2.24, 2.45) is 0 Å². The largest absolute Gasteiger partial charge is 0.478 e. The average Bonchev–Trinajstić information content (AvgIpc) is 2.96. The molecule has 1 aromatic carbocycles. The van der Waals surface area contributed by atoms with Crippen LogP contribution in [0.25, 0.3) is 0 Å². The van der Waals surface area contributed by atoms with Crippen molar-refractivity contribution in [3.63, 3.8) is 0 Å².